The number of benzene rings is 1. The maximum Gasteiger partial charge on any atom is 0.0711 e. The summed E-state index contributed by atoms with van der Waals surface area (Å²) in [5.41, 5.74) is 2.66. The fraction of sp³-hybridized carbons (Fsp3) is 0.273. The molecule has 0 aliphatic carbocycles. The molecule has 0 N–H and O–H groups in total. The van der Waals surface area contributed by atoms with E-state index in [1.165, 1.54) is 25.0 Å². The highest BCUT2D eigenvalue weighted by atomic mass is 79.9. The number of halogens is 2. The maximum atomic E-state index is 5.99. The van der Waals surface area contributed by atoms with Crippen molar-refractivity contribution in [2.75, 3.05) is 0 Å². The summed E-state index contributed by atoms with van der Waals surface area (Å²) >= 11 is 11.3. The molecule has 1 heterocycles. The molecule has 1 aromatic carbocycles. The average molecular weight is 290 g/mol. The van der Waals surface area contributed by atoms with Gasteiger partial charge in [0.15, 0.2) is 0 Å². The number of hydrogen-bond donors (Lipinski definition) is 0. The molecule has 3 heteroatoms. The Bertz CT molecular complexity index is 462. The fourth-order valence-corrected chi connectivity index (χ4v) is 3.72. The van der Waals surface area contributed by atoms with Crippen molar-refractivity contribution in [1.29, 1.82) is 0 Å². The molecule has 0 saturated heterocycles. The lowest BCUT2D eigenvalue weighted by molar-refractivity contribution is 1.11. The van der Waals surface area contributed by atoms with E-state index in [4.69, 9.17) is 11.6 Å². The second-order valence-corrected chi connectivity index (χ2v) is 5.86. The van der Waals surface area contributed by atoms with Gasteiger partial charge in [-0.1, -0.05) is 19.1 Å². The quantitative estimate of drug-likeness (QED) is 0.685. The van der Waals surface area contributed by atoms with E-state index in [0.29, 0.717) is 5.88 Å². The largest absolute Gasteiger partial charge is 0.128 e. The summed E-state index contributed by atoms with van der Waals surface area (Å²) in [5, 5.41) is 1.29. The summed E-state index contributed by atoms with van der Waals surface area (Å²) in [7, 11) is 0. The van der Waals surface area contributed by atoms with Gasteiger partial charge in [-0.3, -0.25) is 0 Å². The molecule has 2 rings (SSSR count). The normalized spacial score (nSPS) is 11.1. The van der Waals surface area contributed by atoms with Crippen molar-refractivity contribution in [1.82, 2.24) is 0 Å². The van der Waals surface area contributed by atoms with E-state index in [1.807, 2.05) is 0 Å². The van der Waals surface area contributed by atoms with Crippen molar-refractivity contribution in [2.24, 2.45) is 0 Å². The Morgan fingerprint density at radius 1 is 1.43 bits per heavy atom. The van der Waals surface area contributed by atoms with Gasteiger partial charge in [0.25, 0.3) is 0 Å². The van der Waals surface area contributed by atoms with Crippen LogP contribution in [0.25, 0.3) is 10.1 Å². The molecule has 0 radical (unpaired) electrons. The van der Waals surface area contributed by atoms with Crippen molar-refractivity contribution in [3.05, 3.63) is 33.1 Å². The second-order valence-electron chi connectivity index (χ2n) is 3.16. The van der Waals surface area contributed by atoms with E-state index in [2.05, 4.69) is 41.1 Å². The highest BCUT2D eigenvalue weighted by Crippen LogP contribution is 2.34. The van der Waals surface area contributed by atoms with Crippen molar-refractivity contribution < 1.29 is 0 Å². The van der Waals surface area contributed by atoms with Crippen molar-refractivity contribution in [3.63, 3.8) is 0 Å². The SMILES string of the molecule is CCc1ccc2cc(Br)sc2c1CCl. The van der Waals surface area contributed by atoms with Gasteiger partial charge in [0.1, 0.15) is 0 Å². The molecule has 1 aromatic heterocycles. The van der Waals surface area contributed by atoms with E-state index in [0.717, 1.165) is 6.42 Å². The predicted octanol–water partition coefficient (Wildman–Crippen LogP) is 4.97. The van der Waals surface area contributed by atoms with Gasteiger partial charge in [0.2, 0.25) is 0 Å². The van der Waals surface area contributed by atoms with Crippen molar-refractivity contribution in [3.8, 4) is 0 Å². The molecule has 0 unspecified atom stereocenters. The topological polar surface area (TPSA) is 0 Å². The number of aryl methyl sites for hydroxylation is 1. The zero-order chi connectivity index (χ0) is 10.1. The standard InChI is InChI=1S/C11H10BrClS/c1-2-7-3-4-8-5-10(12)14-11(8)9(7)6-13/h3-5H,2,6H2,1H3. The van der Waals surface area contributed by atoms with Gasteiger partial charge in [0.05, 0.1) is 3.79 Å². The highest BCUT2D eigenvalue weighted by Gasteiger charge is 2.08. The molecule has 0 spiro atoms. The number of alkyl halides is 1. The molecule has 0 aliphatic rings. The third-order valence-electron chi connectivity index (χ3n) is 2.37. The van der Waals surface area contributed by atoms with Crippen molar-refractivity contribution >= 4 is 49.0 Å². The molecule has 0 saturated carbocycles. The minimum absolute atomic E-state index is 0.605. The maximum absolute atomic E-state index is 5.99. The third-order valence-corrected chi connectivity index (χ3v) is 4.35. The Kier molecular flexibility index (Phi) is 3.15. The number of thiophene rings is 1. The van der Waals surface area contributed by atoms with Crippen LogP contribution in [-0.4, -0.2) is 0 Å². The Morgan fingerprint density at radius 2 is 2.21 bits per heavy atom. The molecule has 14 heavy (non-hydrogen) atoms. The molecule has 0 aliphatic heterocycles. The first-order valence-corrected chi connectivity index (χ1v) is 6.66. The van der Waals surface area contributed by atoms with Crippen LogP contribution in [0.3, 0.4) is 0 Å². The molecule has 74 valence electrons. The van der Waals surface area contributed by atoms with Gasteiger partial charge in [0, 0.05) is 10.6 Å². The average Bonchev–Trinajstić information content (AvgIpc) is 2.56. The fourth-order valence-electron chi connectivity index (χ4n) is 1.65. The van der Waals surface area contributed by atoms with Crippen LogP contribution >= 0.6 is 38.9 Å². The Labute approximate surface area is 101 Å². The molecule has 0 amide bonds. The van der Waals surface area contributed by atoms with Gasteiger partial charge in [-0.25, -0.2) is 0 Å². The Hall–Kier alpha value is -0.0500. The zero-order valence-electron chi connectivity index (χ0n) is 7.81. The van der Waals surface area contributed by atoms with Crippen LogP contribution in [0, 0.1) is 0 Å². The number of rotatable bonds is 2. The minimum Gasteiger partial charge on any atom is -0.128 e. The summed E-state index contributed by atoms with van der Waals surface area (Å²) in [6.07, 6.45) is 1.05. The lowest BCUT2D eigenvalue weighted by atomic mass is 10.0. The van der Waals surface area contributed by atoms with Crippen LogP contribution in [0.4, 0.5) is 0 Å². The van der Waals surface area contributed by atoms with Crippen LogP contribution < -0.4 is 0 Å². The highest BCUT2D eigenvalue weighted by molar-refractivity contribution is 9.11. The molecular weight excluding hydrogens is 280 g/mol. The summed E-state index contributed by atoms with van der Waals surface area (Å²) in [6, 6.07) is 6.50. The molecule has 0 atom stereocenters. The lowest BCUT2D eigenvalue weighted by Crippen LogP contribution is -1.88. The smallest absolute Gasteiger partial charge is 0.0711 e. The monoisotopic (exact) mass is 288 g/mol. The summed E-state index contributed by atoms with van der Waals surface area (Å²) in [4.78, 5) is 0. The number of hydrogen-bond acceptors (Lipinski definition) is 1. The Balaban J connectivity index is 2.75. The Morgan fingerprint density at radius 3 is 2.86 bits per heavy atom. The molecule has 0 bridgehead atoms. The van der Waals surface area contributed by atoms with Crippen LogP contribution in [0.1, 0.15) is 18.1 Å². The van der Waals surface area contributed by atoms with Gasteiger partial charge in [-0.15, -0.1) is 22.9 Å². The van der Waals surface area contributed by atoms with E-state index in [1.54, 1.807) is 11.3 Å². The van der Waals surface area contributed by atoms with E-state index < -0.39 is 0 Å². The van der Waals surface area contributed by atoms with E-state index in [9.17, 15) is 0 Å². The predicted molar refractivity (Wildman–Crippen MR) is 68.5 cm³/mol. The van der Waals surface area contributed by atoms with E-state index >= 15 is 0 Å². The number of fused-ring (bicyclic) bond motifs is 1. The first-order chi connectivity index (χ1) is 6.76. The molecule has 0 fully saturated rings. The first-order valence-electron chi connectivity index (χ1n) is 4.52. The van der Waals surface area contributed by atoms with Gasteiger partial charge in [-0.05, 0) is 44.9 Å². The second kappa shape index (κ2) is 4.21. The van der Waals surface area contributed by atoms with Crippen LogP contribution in [-0.2, 0) is 12.3 Å². The third kappa shape index (κ3) is 1.71. The summed E-state index contributed by atoms with van der Waals surface area (Å²) in [6.45, 7) is 2.17. The van der Waals surface area contributed by atoms with Crippen LogP contribution in [0.15, 0.2) is 22.0 Å². The van der Waals surface area contributed by atoms with Gasteiger partial charge >= 0.3 is 0 Å². The first kappa shape index (κ1) is 10.5. The molecule has 0 nitrogen and oxygen atoms in total. The van der Waals surface area contributed by atoms with Crippen LogP contribution in [0.2, 0.25) is 0 Å². The van der Waals surface area contributed by atoms with E-state index in [-0.39, 0.29) is 0 Å². The van der Waals surface area contributed by atoms with Gasteiger partial charge in [-0.2, -0.15) is 0 Å². The summed E-state index contributed by atoms with van der Waals surface area (Å²) < 4.78 is 2.50. The van der Waals surface area contributed by atoms with Gasteiger partial charge < -0.3 is 0 Å². The van der Waals surface area contributed by atoms with Crippen LogP contribution in [0.5, 0.6) is 0 Å². The molecule has 2 aromatic rings. The minimum atomic E-state index is 0.605. The lowest BCUT2D eigenvalue weighted by Gasteiger charge is -2.05. The zero-order valence-corrected chi connectivity index (χ0v) is 11.0. The summed E-state index contributed by atoms with van der Waals surface area (Å²) in [5.74, 6) is 0.605. The van der Waals surface area contributed by atoms with Crippen molar-refractivity contribution in [2.45, 2.75) is 19.2 Å². The molecular formula is C11H10BrClS.